The summed E-state index contributed by atoms with van der Waals surface area (Å²) < 4.78 is 2.06. The molecule has 0 unspecified atom stereocenters. The van der Waals surface area contributed by atoms with Crippen molar-refractivity contribution in [1.29, 1.82) is 0 Å². The highest BCUT2D eigenvalue weighted by Crippen LogP contribution is 1.99. The molecule has 0 aromatic carbocycles. The lowest BCUT2D eigenvalue weighted by molar-refractivity contribution is 0.714. The number of aryl methyl sites for hydroxylation is 1. The molecule has 0 atom stereocenters. The third kappa shape index (κ3) is 1.81. The molecule has 1 rings (SSSR count). The molecular weight excluding hydrogens is 138 g/mol. The predicted molar refractivity (Wildman–Crippen MR) is 43.1 cm³/mol. The molecule has 3 nitrogen and oxygen atoms in total. The molecule has 0 radical (unpaired) electrons. The molecule has 0 amide bonds. The van der Waals surface area contributed by atoms with Crippen molar-refractivity contribution in [3.05, 3.63) is 29.6 Å². The summed E-state index contributed by atoms with van der Waals surface area (Å²) in [5.74, 6) is 0. The summed E-state index contributed by atoms with van der Waals surface area (Å²) in [5.41, 5.74) is 1.16. The summed E-state index contributed by atoms with van der Waals surface area (Å²) in [7, 11) is 0. The molecule has 0 saturated carbocycles. The van der Waals surface area contributed by atoms with E-state index in [0.717, 1.165) is 18.7 Å². The molecule has 1 heterocycles. The maximum absolute atomic E-state index is 6.63. The maximum atomic E-state index is 6.63. The van der Waals surface area contributed by atoms with Gasteiger partial charge in [0.05, 0.1) is 12.7 Å². The largest absolute Gasteiger partial charge is 0.335 e. The minimum absolute atomic E-state index is 0.561. The molecule has 1 aromatic rings. The Balaban J connectivity index is 2.62. The van der Waals surface area contributed by atoms with Crippen LogP contribution in [0.2, 0.25) is 0 Å². The van der Waals surface area contributed by atoms with E-state index in [9.17, 15) is 0 Å². The Morgan fingerprint density at radius 1 is 1.73 bits per heavy atom. The van der Waals surface area contributed by atoms with Crippen molar-refractivity contribution >= 4 is 0 Å². The molecule has 11 heavy (non-hydrogen) atoms. The van der Waals surface area contributed by atoms with E-state index in [0.29, 0.717) is 6.54 Å². The van der Waals surface area contributed by atoms with Crippen LogP contribution >= 0.6 is 0 Å². The number of aromatic nitrogens is 2. The second-order valence-electron chi connectivity index (χ2n) is 2.30. The van der Waals surface area contributed by atoms with Crippen molar-refractivity contribution < 1.29 is 0 Å². The van der Waals surface area contributed by atoms with Gasteiger partial charge in [-0.3, -0.25) is 0 Å². The summed E-state index contributed by atoms with van der Waals surface area (Å²) in [4.78, 5) is 7.30. The third-order valence-corrected chi connectivity index (χ3v) is 1.62. The van der Waals surface area contributed by atoms with Gasteiger partial charge >= 0.3 is 0 Å². The van der Waals surface area contributed by atoms with Gasteiger partial charge in [0, 0.05) is 18.4 Å². The Kier molecular flexibility index (Phi) is 2.67. The Hall–Kier alpha value is -1.30. The summed E-state index contributed by atoms with van der Waals surface area (Å²) in [6, 6.07) is 0. The maximum Gasteiger partial charge on any atom is 0.220 e. The first-order chi connectivity index (χ1) is 5.38. The molecule has 0 saturated heterocycles. The van der Waals surface area contributed by atoms with E-state index in [-0.39, 0.29) is 0 Å². The van der Waals surface area contributed by atoms with Crippen LogP contribution in [0, 0.1) is 6.57 Å². The van der Waals surface area contributed by atoms with Gasteiger partial charge in [0.1, 0.15) is 0 Å². The zero-order chi connectivity index (χ0) is 8.10. The van der Waals surface area contributed by atoms with E-state index in [1.165, 1.54) is 0 Å². The molecule has 0 aliphatic rings. The summed E-state index contributed by atoms with van der Waals surface area (Å²) in [5, 5.41) is 0. The molecule has 0 N–H and O–H groups in total. The van der Waals surface area contributed by atoms with E-state index in [1.807, 2.05) is 6.20 Å². The third-order valence-electron chi connectivity index (χ3n) is 1.62. The van der Waals surface area contributed by atoms with Crippen molar-refractivity contribution in [1.82, 2.24) is 9.55 Å². The monoisotopic (exact) mass is 149 g/mol. The molecule has 1 aromatic heterocycles. The van der Waals surface area contributed by atoms with Crippen LogP contribution in [0.3, 0.4) is 0 Å². The number of rotatable bonds is 3. The van der Waals surface area contributed by atoms with Gasteiger partial charge in [-0.1, -0.05) is 0 Å². The lowest BCUT2D eigenvalue weighted by atomic mass is 10.3. The Labute approximate surface area is 66.5 Å². The molecular formula is C8H11N3. The van der Waals surface area contributed by atoms with Gasteiger partial charge in [-0.05, 0) is 6.92 Å². The lowest BCUT2D eigenvalue weighted by Crippen LogP contribution is -1.99. The topological polar surface area (TPSA) is 22.2 Å². The van der Waals surface area contributed by atoms with Gasteiger partial charge in [-0.15, -0.1) is 0 Å². The molecule has 0 spiro atoms. The van der Waals surface area contributed by atoms with Gasteiger partial charge in [0.25, 0.3) is 0 Å². The van der Waals surface area contributed by atoms with Gasteiger partial charge in [-0.2, -0.15) is 0 Å². The van der Waals surface area contributed by atoms with Crippen molar-refractivity contribution in [2.24, 2.45) is 0 Å². The van der Waals surface area contributed by atoms with Crippen LogP contribution in [-0.2, 0) is 13.0 Å². The van der Waals surface area contributed by atoms with Gasteiger partial charge in [0.15, 0.2) is 0 Å². The lowest BCUT2D eigenvalue weighted by Gasteiger charge is -1.99. The van der Waals surface area contributed by atoms with Crippen LogP contribution < -0.4 is 0 Å². The van der Waals surface area contributed by atoms with Gasteiger partial charge < -0.3 is 9.41 Å². The number of imidazole rings is 1. The highest BCUT2D eigenvalue weighted by atomic mass is 15.0. The van der Waals surface area contributed by atoms with E-state index in [4.69, 9.17) is 6.57 Å². The Bertz CT molecular complexity index is 257. The number of hydrogen-bond acceptors (Lipinski definition) is 1. The van der Waals surface area contributed by atoms with E-state index >= 15 is 0 Å². The second kappa shape index (κ2) is 3.77. The normalized spacial score (nSPS) is 9.45. The first-order valence-corrected chi connectivity index (χ1v) is 3.70. The molecule has 58 valence electrons. The SMILES string of the molecule is [C-]#[N+]CCc1cncn1CC. The molecule has 3 heteroatoms. The van der Waals surface area contributed by atoms with Crippen molar-refractivity contribution in [2.75, 3.05) is 6.54 Å². The first-order valence-electron chi connectivity index (χ1n) is 3.70. The fraction of sp³-hybridized carbons (Fsp3) is 0.500. The van der Waals surface area contributed by atoms with Crippen LogP contribution in [0.1, 0.15) is 12.6 Å². The average Bonchev–Trinajstić information content (AvgIpc) is 2.47. The first kappa shape index (κ1) is 7.80. The highest BCUT2D eigenvalue weighted by Gasteiger charge is 1.99. The van der Waals surface area contributed by atoms with Crippen molar-refractivity contribution in [3.63, 3.8) is 0 Å². The second-order valence-corrected chi connectivity index (χ2v) is 2.30. The Morgan fingerprint density at radius 2 is 2.55 bits per heavy atom. The average molecular weight is 149 g/mol. The molecule has 0 bridgehead atoms. The fourth-order valence-electron chi connectivity index (χ4n) is 1.01. The molecule has 0 aliphatic heterocycles. The Morgan fingerprint density at radius 3 is 3.18 bits per heavy atom. The minimum Gasteiger partial charge on any atom is -0.335 e. The van der Waals surface area contributed by atoms with E-state index in [2.05, 4.69) is 21.3 Å². The van der Waals surface area contributed by atoms with Crippen molar-refractivity contribution in [2.45, 2.75) is 19.9 Å². The van der Waals surface area contributed by atoms with Crippen LogP contribution in [0.25, 0.3) is 4.85 Å². The van der Waals surface area contributed by atoms with E-state index in [1.54, 1.807) is 6.33 Å². The number of hydrogen-bond donors (Lipinski definition) is 0. The quantitative estimate of drug-likeness (QED) is 0.595. The zero-order valence-electron chi connectivity index (χ0n) is 6.62. The zero-order valence-corrected chi connectivity index (χ0v) is 6.62. The minimum atomic E-state index is 0.561. The molecule has 0 fully saturated rings. The van der Waals surface area contributed by atoms with Crippen LogP contribution in [0.4, 0.5) is 0 Å². The van der Waals surface area contributed by atoms with Crippen LogP contribution in [0.5, 0.6) is 0 Å². The van der Waals surface area contributed by atoms with Gasteiger partial charge in [0.2, 0.25) is 6.54 Å². The standard InChI is InChI=1S/C8H11N3/c1-3-11-7-10-6-8(11)4-5-9-2/h6-7H,3-5H2,1H3. The predicted octanol–water partition coefficient (Wildman–Crippen LogP) is 1.36. The highest BCUT2D eigenvalue weighted by molar-refractivity contribution is 4.99. The van der Waals surface area contributed by atoms with Crippen LogP contribution in [0.15, 0.2) is 12.5 Å². The summed E-state index contributed by atoms with van der Waals surface area (Å²) in [6.45, 7) is 10.2. The smallest absolute Gasteiger partial charge is 0.220 e. The summed E-state index contributed by atoms with van der Waals surface area (Å²) in [6.07, 6.45) is 4.45. The van der Waals surface area contributed by atoms with Gasteiger partial charge in [-0.25, -0.2) is 11.6 Å². The van der Waals surface area contributed by atoms with E-state index < -0.39 is 0 Å². The van der Waals surface area contributed by atoms with Crippen LogP contribution in [-0.4, -0.2) is 16.1 Å². The fourth-order valence-corrected chi connectivity index (χ4v) is 1.01. The van der Waals surface area contributed by atoms with Crippen molar-refractivity contribution in [3.8, 4) is 0 Å². The summed E-state index contributed by atoms with van der Waals surface area (Å²) >= 11 is 0. The number of nitrogens with zero attached hydrogens (tertiary/aromatic N) is 3. The molecule has 0 aliphatic carbocycles.